The number of rotatable bonds is 13. The molecule has 1 aromatic heterocycles. The Morgan fingerprint density at radius 2 is 1.86 bits per heavy atom. The van der Waals surface area contributed by atoms with Gasteiger partial charge in [0.05, 0.1) is 15.9 Å². The quantitative estimate of drug-likeness (QED) is 0.146. The van der Waals surface area contributed by atoms with Crippen molar-refractivity contribution in [3.63, 3.8) is 0 Å². The van der Waals surface area contributed by atoms with Crippen LogP contribution in [0.4, 0.5) is 10.5 Å². The maximum Gasteiger partial charge on any atom is 0.411 e. The van der Waals surface area contributed by atoms with Gasteiger partial charge in [-0.1, -0.05) is 18.2 Å². The van der Waals surface area contributed by atoms with Crippen LogP contribution in [0.25, 0.3) is 0 Å². The molecule has 13 heteroatoms. The average Bonchev–Trinajstić information content (AvgIpc) is 3.56. The van der Waals surface area contributed by atoms with Crippen LogP contribution in [0.2, 0.25) is 0 Å². The number of likely N-dealkylation sites (tertiary alicyclic amines) is 1. The van der Waals surface area contributed by atoms with Gasteiger partial charge >= 0.3 is 6.09 Å². The van der Waals surface area contributed by atoms with Gasteiger partial charge in [0.25, 0.3) is 5.69 Å². The van der Waals surface area contributed by atoms with Crippen molar-refractivity contribution in [2.24, 2.45) is 0 Å². The largest absolute Gasteiger partial charge is 0.445 e. The minimum absolute atomic E-state index is 0.0250. The summed E-state index contributed by atoms with van der Waals surface area (Å²) >= 11 is 1.59. The van der Waals surface area contributed by atoms with Crippen molar-refractivity contribution in [1.82, 2.24) is 14.1 Å². The third kappa shape index (κ3) is 8.61. The number of carbonyl (C=O) groups excluding carboxylic acids is 1. The number of sulfonamides is 1. The summed E-state index contributed by atoms with van der Waals surface area (Å²) in [6.45, 7) is 2.46. The number of non-ortho nitro benzene ring substituents is 1. The lowest BCUT2D eigenvalue weighted by atomic mass is 9.97. The van der Waals surface area contributed by atoms with Gasteiger partial charge in [-0.25, -0.2) is 17.5 Å². The molecule has 0 radical (unpaired) electrons. The Hall–Kier alpha value is -3.83. The molecule has 1 saturated heterocycles. The van der Waals surface area contributed by atoms with Crippen LogP contribution in [0.15, 0.2) is 76.3 Å². The number of hydrogen-bond donors (Lipinski definition) is 0. The summed E-state index contributed by atoms with van der Waals surface area (Å²) in [7, 11) is -1.98. The predicted molar refractivity (Wildman–Crippen MR) is 163 cm³/mol. The average molecular weight is 626 g/mol. The first-order valence-corrected chi connectivity index (χ1v) is 16.4. The normalized spacial score (nSPS) is 15.1. The molecule has 0 spiro atoms. The summed E-state index contributed by atoms with van der Waals surface area (Å²) in [4.78, 5) is 27.3. The highest BCUT2D eigenvalue weighted by Crippen LogP contribution is 2.27. The fourth-order valence-corrected chi connectivity index (χ4v) is 7.18. The molecule has 0 bridgehead atoms. The Bertz CT molecular complexity index is 1490. The van der Waals surface area contributed by atoms with Gasteiger partial charge < -0.3 is 9.64 Å². The smallest absolute Gasteiger partial charge is 0.411 e. The highest BCUT2D eigenvalue weighted by atomic mass is 32.2. The Balaban J connectivity index is 1.30. The SMILES string of the molecule is CN(CC(CCN1CCC(N(CC#N)C(=O)OCc2ccc([N+](=O)[O-])cc2)CC1)c1ccsc1)S(=O)(=O)c1ccccc1. The summed E-state index contributed by atoms with van der Waals surface area (Å²) in [5.74, 6) is 0.0250. The number of hydrogen-bond acceptors (Lipinski definition) is 9. The molecule has 4 rings (SSSR count). The molecule has 1 atom stereocenters. The molecule has 2 aromatic carbocycles. The van der Waals surface area contributed by atoms with Gasteiger partial charge in [-0.05, 0) is 83.9 Å². The summed E-state index contributed by atoms with van der Waals surface area (Å²) in [5.41, 5.74) is 1.69. The zero-order valence-electron chi connectivity index (χ0n) is 23.9. The zero-order chi connectivity index (χ0) is 30.8. The van der Waals surface area contributed by atoms with Crippen LogP contribution in [0.1, 0.15) is 36.3 Å². The Kier molecular flexibility index (Phi) is 11.2. The fourth-order valence-electron chi connectivity index (χ4n) is 5.21. The third-order valence-corrected chi connectivity index (χ3v) is 10.3. The number of carbonyl (C=O) groups is 1. The molecular weight excluding hydrogens is 590 g/mol. The monoisotopic (exact) mass is 625 g/mol. The summed E-state index contributed by atoms with van der Waals surface area (Å²) in [6.07, 6.45) is 1.55. The minimum atomic E-state index is -3.61. The highest BCUT2D eigenvalue weighted by Gasteiger charge is 2.30. The first-order valence-electron chi connectivity index (χ1n) is 14.0. The lowest BCUT2D eigenvalue weighted by Gasteiger charge is -2.37. The van der Waals surface area contributed by atoms with Crippen LogP contribution in [0.5, 0.6) is 0 Å². The number of thiophene rings is 1. The zero-order valence-corrected chi connectivity index (χ0v) is 25.6. The number of nitriles is 1. The molecule has 0 saturated carbocycles. The molecule has 1 aliphatic rings. The number of ether oxygens (including phenoxy) is 1. The lowest BCUT2D eigenvalue weighted by molar-refractivity contribution is -0.384. The van der Waals surface area contributed by atoms with Crippen molar-refractivity contribution in [1.29, 1.82) is 5.26 Å². The number of nitrogens with zero attached hydrogens (tertiary/aromatic N) is 5. The van der Waals surface area contributed by atoms with Gasteiger partial charge in [0, 0.05) is 44.9 Å². The standard InChI is InChI=1S/C30H35N5O6S2/c1-32(43(39,40)29-5-3-2-4-6-29)21-25(26-14-20-42-23-26)11-16-33-17-12-27(13-18-33)34(19-15-31)30(36)41-22-24-7-9-28(10-8-24)35(37)38/h2-10,14,20,23,25,27H,11-13,16-19,21-22H2,1H3. The van der Waals surface area contributed by atoms with E-state index in [2.05, 4.69) is 16.3 Å². The van der Waals surface area contributed by atoms with E-state index in [9.17, 15) is 28.6 Å². The van der Waals surface area contributed by atoms with Crippen molar-refractivity contribution in [2.45, 2.75) is 42.7 Å². The van der Waals surface area contributed by atoms with Crippen LogP contribution in [-0.4, -0.2) is 79.4 Å². The molecule has 43 heavy (non-hydrogen) atoms. The lowest BCUT2D eigenvalue weighted by Crippen LogP contribution is -2.48. The molecule has 3 aromatic rings. The molecule has 11 nitrogen and oxygen atoms in total. The van der Waals surface area contributed by atoms with Crippen LogP contribution >= 0.6 is 11.3 Å². The molecular formula is C30H35N5O6S2. The van der Waals surface area contributed by atoms with E-state index in [4.69, 9.17) is 4.74 Å². The number of likely N-dealkylation sites (N-methyl/N-ethyl adjacent to an activating group) is 1. The van der Waals surface area contributed by atoms with Crippen LogP contribution in [0.3, 0.4) is 0 Å². The summed E-state index contributed by atoms with van der Waals surface area (Å²) in [6, 6.07) is 18.2. The van der Waals surface area contributed by atoms with E-state index >= 15 is 0 Å². The van der Waals surface area contributed by atoms with Crippen LogP contribution in [0, 0.1) is 21.4 Å². The van der Waals surface area contributed by atoms with E-state index in [0.29, 0.717) is 24.9 Å². The van der Waals surface area contributed by atoms with Gasteiger partial charge in [0.2, 0.25) is 10.0 Å². The van der Waals surface area contributed by atoms with Gasteiger partial charge in [0.1, 0.15) is 13.2 Å². The van der Waals surface area contributed by atoms with E-state index in [1.807, 2.05) is 11.4 Å². The van der Waals surface area contributed by atoms with Gasteiger partial charge in [0.15, 0.2) is 0 Å². The van der Waals surface area contributed by atoms with Gasteiger partial charge in [-0.15, -0.1) is 0 Å². The van der Waals surface area contributed by atoms with E-state index in [1.54, 1.807) is 48.7 Å². The first kappa shape index (κ1) is 32.1. The van der Waals surface area contributed by atoms with Crippen molar-refractivity contribution in [2.75, 3.05) is 39.8 Å². The number of amides is 1. The summed E-state index contributed by atoms with van der Waals surface area (Å²) < 4.78 is 33.2. The Labute approximate surface area is 256 Å². The highest BCUT2D eigenvalue weighted by molar-refractivity contribution is 7.89. The van der Waals surface area contributed by atoms with Crippen LogP contribution in [-0.2, 0) is 21.4 Å². The predicted octanol–water partition coefficient (Wildman–Crippen LogP) is 5.08. The Morgan fingerprint density at radius 1 is 1.16 bits per heavy atom. The molecule has 228 valence electrons. The van der Waals surface area contributed by atoms with Crippen molar-refractivity contribution in [3.05, 3.63) is 92.7 Å². The number of piperidine rings is 1. The topological polar surface area (TPSA) is 137 Å². The number of nitro benzene ring substituents is 1. The fraction of sp³-hybridized carbons (Fsp3) is 0.400. The first-order chi connectivity index (χ1) is 20.7. The van der Waals surface area contributed by atoms with Crippen molar-refractivity contribution >= 4 is 33.1 Å². The van der Waals surface area contributed by atoms with Crippen molar-refractivity contribution < 1.29 is 22.9 Å². The van der Waals surface area contributed by atoms with E-state index < -0.39 is 21.0 Å². The maximum absolute atomic E-state index is 13.1. The van der Waals surface area contributed by atoms with E-state index in [1.165, 1.54) is 33.5 Å². The molecule has 0 aliphatic carbocycles. The maximum atomic E-state index is 13.1. The molecule has 2 heterocycles. The second-order valence-electron chi connectivity index (χ2n) is 10.5. The molecule has 1 aliphatic heterocycles. The second-order valence-corrected chi connectivity index (χ2v) is 13.3. The van der Waals surface area contributed by atoms with Gasteiger partial charge in [-0.3, -0.25) is 15.0 Å². The van der Waals surface area contributed by atoms with Gasteiger partial charge in [-0.2, -0.15) is 16.6 Å². The third-order valence-electron chi connectivity index (χ3n) is 7.72. The molecule has 1 amide bonds. The molecule has 1 fully saturated rings. The van der Waals surface area contributed by atoms with E-state index in [0.717, 1.165) is 31.6 Å². The minimum Gasteiger partial charge on any atom is -0.445 e. The van der Waals surface area contributed by atoms with Crippen LogP contribution < -0.4 is 0 Å². The van der Waals surface area contributed by atoms with Crippen molar-refractivity contribution in [3.8, 4) is 6.07 Å². The number of nitro groups is 1. The Morgan fingerprint density at radius 3 is 2.47 bits per heavy atom. The summed E-state index contributed by atoms with van der Waals surface area (Å²) in [5, 5.41) is 24.3. The second kappa shape index (κ2) is 15.1. The molecule has 0 N–H and O–H groups in total. The number of benzene rings is 2. The molecule has 1 unspecified atom stereocenters. The van der Waals surface area contributed by atoms with E-state index in [-0.39, 0.29) is 35.7 Å².